The molecule has 2 heterocycles. The summed E-state index contributed by atoms with van der Waals surface area (Å²) in [6.45, 7) is 1.93. The maximum absolute atomic E-state index is 12.9. The van der Waals surface area contributed by atoms with Gasteiger partial charge in [0.15, 0.2) is 5.13 Å². The topological polar surface area (TPSA) is 99.0 Å². The lowest BCUT2D eigenvalue weighted by molar-refractivity contribution is 0.189. The van der Waals surface area contributed by atoms with E-state index in [0.717, 1.165) is 16.9 Å². The smallest absolute Gasteiger partial charge is 0.352 e. The molecule has 7 nitrogen and oxygen atoms in total. The molecule has 1 aromatic carbocycles. The maximum Gasteiger partial charge on any atom is 0.352 e. The Kier molecular flexibility index (Phi) is 4.07. The van der Waals surface area contributed by atoms with Crippen LogP contribution in [-0.4, -0.2) is 24.4 Å². The third-order valence-electron chi connectivity index (χ3n) is 3.27. The van der Waals surface area contributed by atoms with Crippen LogP contribution in [0.5, 0.6) is 0 Å². The molecule has 3 N–H and O–H groups in total. The van der Waals surface area contributed by atoms with Gasteiger partial charge in [0.25, 0.3) is 0 Å². The molecule has 3 rings (SSSR count). The first-order valence-electron chi connectivity index (χ1n) is 6.76. The first kappa shape index (κ1) is 15.5. The van der Waals surface area contributed by atoms with Crippen LogP contribution in [-0.2, 0) is 6.54 Å². The molecule has 1 unspecified atom stereocenters. The number of thiazole rings is 1. The van der Waals surface area contributed by atoms with Crippen LogP contribution < -0.4 is 11.4 Å². The van der Waals surface area contributed by atoms with Crippen LogP contribution in [0.4, 0.5) is 4.39 Å². The van der Waals surface area contributed by atoms with Gasteiger partial charge in [0, 0.05) is 0 Å². The molecule has 0 saturated carbocycles. The van der Waals surface area contributed by atoms with Gasteiger partial charge in [-0.05, 0) is 24.6 Å². The summed E-state index contributed by atoms with van der Waals surface area (Å²) in [5, 5.41) is 13.9. The van der Waals surface area contributed by atoms with Crippen molar-refractivity contribution in [2.24, 2.45) is 5.73 Å². The third kappa shape index (κ3) is 3.07. The summed E-state index contributed by atoms with van der Waals surface area (Å²) >= 11 is 1.13. The van der Waals surface area contributed by atoms with Crippen molar-refractivity contribution in [3.05, 3.63) is 63.0 Å². The Morgan fingerprint density at radius 1 is 1.39 bits per heavy atom. The lowest BCUT2D eigenvalue weighted by Gasteiger charge is -2.00. The minimum absolute atomic E-state index is 0.225. The summed E-state index contributed by atoms with van der Waals surface area (Å²) in [7, 11) is 0. The zero-order chi connectivity index (χ0) is 16.6. The van der Waals surface area contributed by atoms with E-state index in [1.165, 1.54) is 27.7 Å². The molecule has 0 saturated heterocycles. The molecule has 23 heavy (non-hydrogen) atoms. The summed E-state index contributed by atoms with van der Waals surface area (Å²) in [6, 6.07) is 5.85. The molecule has 0 aliphatic carbocycles. The van der Waals surface area contributed by atoms with Crippen molar-refractivity contribution in [2.45, 2.75) is 19.7 Å². The fraction of sp³-hybridized carbons (Fsp3) is 0.214. The van der Waals surface area contributed by atoms with Crippen LogP contribution in [0.25, 0.3) is 5.13 Å². The van der Waals surface area contributed by atoms with Crippen LogP contribution in [0.1, 0.15) is 22.4 Å². The monoisotopic (exact) mass is 335 g/mol. The molecule has 0 bridgehead atoms. The molecule has 120 valence electrons. The SMILES string of the molecule is Cc1nc(-n2cnn(Cc3ccc(F)cc3)c2=O)sc1C(N)O. The van der Waals surface area contributed by atoms with Gasteiger partial charge in [-0.15, -0.1) is 0 Å². The fourth-order valence-electron chi connectivity index (χ4n) is 2.11. The molecular formula is C14H14FN5O2S. The van der Waals surface area contributed by atoms with Gasteiger partial charge in [-0.1, -0.05) is 23.5 Å². The lowest BCUT2D eigenvalue weighted by atomic mass is 10.2. The Labute approximate surface area is 134 Å². The second-order valence-electron chi connectivity index (χ2n) is 4.96. The molecule has 0 radical (unpaired) electrons. The molecule has 3 aromatic rings. The Morgan fingerprint density at radius 3 is 2.70 bits per heavy atom. The van der Waals surface area contributed by atoms with E-state index in [9.17, 15) is 14.3 Å². The van der Waals surface area contributed by atoms with E-state index in [0.29, 0.717) is 15.7 Å². The van der Waals surface area contributed by atoms with Crippen molar-refractivity contribution in [3.63, 3.8) is 0 Å². The summed E-state index contributed by atoms with van der Waals surface area (Å²) in [6.07, 6.45) is 0.225. The highest BCUT2D eigenvalue weighted by Gasteiger charge is 2.16. The van der Waals surface area contributed by atoms with Crippen molar-refractivity contribution in [2.75, 3.05) is 0 Å². The number of halogens is 1. The molecule has 0 aliphatic rings. The molecule has 9 heteroatoms. The van der Waals surface area contributed by atoms with Gasteiger partial charge in [0.2, 0.25) is 0 Å². The average molecular weight is 335 g/mol. The van der Waals surface area contributed by atoms with E-state index in [4.69, 9.17) is 5.73 Å². The van der Waals surface area contributed by atoms with Gasteiger partial charge in [0.1, 0.15) is 18.4 Å². The summed E-state index contributed by atoms with van der Waals surface area (Å²) in [5.74, 6) is -0.335. The predicted octanol–water partition coefficient (Wildman–Crippen LogP) is 0.936. The number of rotatable bonds is 4. The lowest BCUT2D eigenvalue weighted by Crippen LogP contribution is -2.24. The van der Waals surface area contributed by atoms with Crippen LogP contribution in [0.15, 0.2) is 35.4 Å². The Morgan fingerprint density at radius 2 is 2.09 bits per heavy atom. The Hall–Kier alpha value is -2.36. The predicted molar refractivity (Wildman–Crippen MR) is 82.9 cm³/mol. The number of aromatic nitrogens is 4. The molecular weight excluding hydrogens is 321 g/mol. The Balaban J connectivity index is 1.91. The number of aliphatic hydroxyl groups excluding tert-OH is 1. The minimum Gasteiger partial charge on any atom is -0.374 e. The van der Waals surface area contributed by atoms with Crippen molar-refractivity contribution < 1.29 is 9.50 Å². The quantitative estimate of drug-likeness (QED) is 0.691. The average Bonchev–Trinajstić information content (AvgIpc) is 3.05. The first-order valence-corrected chi connectivity index (χ1v) is 7.57. The number of hydrogen-bond donors (Lipinski definition) is 2. The minimum atomic E-state index is -1.13. The van der Waals surface area contributed by atoms with E-state index in [1.54, 1.807) is 19.1 Å². The summed E-state index contributed by atoms with van der Waals surface area (Å²) < 4.78 is 15.4. The Bertz CT molecular complexity index is 881. The van der Waals surface area contributed by atoms with E-state index < -0.39 is 6.23 Å². The van der Waals surface area contributed by atoms with Gasteiger partial charge >= 0.3 is 5.69 Å². The van der Waals surface area contributed by atoms with E-state index >= 15 is 0 Å². The van der Waals surface area contributed by atoms with Gasteiger partial charge in [-0.3, -0.25) is 0 Å². The largest absolute Gasteiger partial charge is 0.374 e. The molecule has 1 atom stereocenters. The highest BCUT2D eigenvalue weighted by molar-refractivity contribution is 7.14. The van der Waals surface area contributed by atoms with Gasteiger partial charge < -0.3 is 10.8 Å². The van der Waals surface area contributed by atoms with Crippen LogP contribution in [0.3, 0.4) is 0 Å². The molecule has 0 fully saturated rings. The van der Waals surface area contributed by atoms with Crippen LogP contribution in [0.2, 0.25) is 0 Å². The van der Waals surface area contributed by atoms with E-state index in [-0.39, 0.29) is 18.1 Å². The first-order chi connectivity index (χ1) is 11.0. The number of hydrogen-bond acceptors (Lipinski definition) is 6. The van der Waals surface area contributed by atoms with Gasteiger partial charge in [0.05, 0.1) is 17.1 Å². The molecule has 0 amide bonds. The summed E-state index contributed by atoms with van der Waals surface area (Å²) in [5.41, 5.74) is 6.40. The van der Waals surface area contributed by atoms with E-state index in [2.05, 4.69) is 10.1 Å². The van der Waals surface area contributed by atoms with Crippen molar-refractivity contribution in [1.82, 2.24) is 19.3 Å². The molecule has 2 aromatic heterocycles. The van der Waals surface area contributed by atoms with Crippen molar-refractivity contribution in [1.29, 1.82) is 0 Å². The van der Waals surface area contributed by atoms with Crippen LogP contribution >= 0.6 is 11.3 Å². The number of benzene rings is 1. The second kappa shape index (κ2) is 6.03. The fourth-order valence-corrected chi connectivity index (χ4v) is 3.03. The molecule has 0 aliphatic heterocycles. The number of nitrogens with two attached hydrogens (primary N) is 1. The highest BCUT2D eigenvalue weighted by Crippen LogP contribution is 2.24. The second-order valence-corrected chi connectivity index (χ2v) is 5.97. The molecule has 0 spiro atoms. The third-order valence-corrected chi connectivity index (χ3v) is 4.50. The highest BCUT2D eigenvalue weighted by atomic mass is 32.1. The van der Waals surface area contributed by atoms with E-state index in [1.807, 2.05) is 0 Å². The number of aryl methyl sites for hydroxylation is 1. The van der Waals surface area contributed by atoms with Crippen molar-refractivity contribution in [3.8, 4) is 5.13 Å². The number of nitrogens with zero attached hydrogens (tertiary/aromatic N) is 4. The zero-order valence-electron chi connectivity index (χ0n) is 12.2. The van der Waals surface area contributed by atoms with Gasteiger partial charge in [-0.2, -0.15) is 5.10 Å². The maximum atomic E-state index is 12.9. The summed E-state index contributed by atoms with van der Waals surface area (Å²) in [4.78, 5) is 17.1. The standard InChI is InChI=1S/C14H14FN5O2S/c1-8-11(12(16)21)23-13(18-8)19-7-17-20(14(19)22)6-9-2-4-10(15)5-3-9/h2-5,7,12,21H,6,16H2,1H3. The van der Waals surface area contributed by atoms with Crippen LogP contribution in [0, 0.1) is 12.7 Å². The van der Waals surface area contributed by atoms with Crippen molar-refractivity contribution >= 4 is 11.3 Å². The van der Waals surface area contributed by atoms with Gasteiger partial charge in [-0.25, -0.2) is 23.4 Å². The number of aliphatic hydroxyl groups is 1. The normalized spacial score (nSPS) is 12.5. The zero-order valence-corrected chi connectivity index (χ0v) is 13.0.